The molecule has 0 radical (unpaired) electrons. The van der Waals surface area contributed by atoms with Gasteiger partial charge < -0.3 is 9.30 Å². The monoisotopic (exact) mass is 742 g/mol. The summed E-state index contributed by atoms with van der Waals surface area (Å²) in [4.78, 5) is 2.38. The van der Waals surface area contributed by atoms with Gasteiger partial charge in [0.15, 0.2) is 0 Å². The molecule has 0 spiro atoms. The van der Waals surface area contributed by atoms with Crippen molar-refractivity contribution in [2.24, 2.45) is 0 Å². The van der Waals surface area contributed by atoms with E-state index in [0.717, 1.165) is 17.1 Å². The molecule has 9 aromatic carbocycles. The van der Waals surface area contributed by atoms with Crippen molar-refractivity contribution >= 4 is 86.7 Å². The highest BCUT2D eigenvalue weighted by molar-refractivity contribution is 7.25. The number of hydrogen-bond donors (Lipinski definition) is 0. The maximum Gasteiger partial charge on any atom is 0.0620 e. The van der Waals surface area contributed by atoms with Gasteiger partial charge in [-0.05, 0) is 88.0 Å². The molecule has 12 rings (SSSR count). The maximum absolute atomic E-state index is 2.47. The first-order chi connectivity index (χ1) is 28.2. The van der Waals surface area contributed by atoms with Crippen LogP contribution in [0.1, 0.15) is 0 Å². The van der Waals surface area contributed by atoms with Crippen LogP contribution in [0.3, 0.4) is 0 Å². The molecule has 0 bridgehead atoms. The Balaban J connectivity index is 0.957. The van der Waals surface area contributed by atoms with Gasteiger partial charge in [-0.1, -0.05) is 152 Å². The zero-order valence-electron chi connectivity index (χ0n) is 30.9. The van der Waals surface area contributed by atoms with E-state index < -0.39 is 0 Å². The van der Waals surface area contributed by atoms with Crippen LogP contribution in [0.5, 0.6) is 0 Å². The molecular formula is C54H34N2S. The van der Waals surface area contributed by atoms with Gasteiger partial charge >= 0.3 is 0 Å². The highest BCUT2D eigenvalue weighted by atomic mass is 32.1. The van der Waals surface area contributed by atoms with Crippen molar-refractivity contribution < 1.29 is 0 Å². The van der Waals surface area contributed by atoms with Gasteiger partial charge in [-0.15, -0.1) is 11.3 Å². The lowest BCUT2D eigenvalue weighted by Crippen LogP contribution is -2.09. The highest BCUT2D eigenvalue weighted by Crippen LogP contribution is 2.44. The van der Waals surface area contributed by atoms with Gasteiger partial charge in [0.05, 0.1) is 16.6 Å². The quantitative estimate of drug-likeness (QED) is 0.165. The second-order valence-corrected chi connectivity index (χ2v) is 16.0. The van der Waals surface area contributed by atoms with E-state index in [2.05, 4.69) is 216 Å². The van der Waals surface area contributed by atoms with Crippen molar-refractivity contribution in [3.05, 3.63) is 206 Å². The van der Waals surface area contributed by atoms with E-state index in [0.29, 0.717) is 0 Å². The topological polar surface area (TPSA) is 7.65 Å². The molecule has 0 amide bonds. The van der Waals surface area contributed by atoms with Crippen molar-refractivity contribution in [2.75, 3.05) is 4.90 Å². The summed E-state index contributed by atoms with van der Waals surface area (Å²) >= 11 is 1.87. The molecule has 12 aromatic rings. The van der Waals surface area contributed by atoms with E-state index >= 15 is 0 Å². The molecule has 3 heterocycles. The van der Waals surface area contributed by atoms with E-state index in [9.17, 15) is 0 Å². The standard InChI is InChI=1S/C54H34N2S/c1-3-10-35(11-4-1)37-18-24-41(25-19-37)55(42-26-20-38(21-27-42)36-12-5-2-6-13-36)43-28-31-47-46-30-23-40(33-52(46)57-53(47)34-43)39-22-29-45-49-16-9-15-48-44-14-7-8-17-50(44)56(54(48)49)51(45)32-39/h1-34H. The van der Waals surface area contributed by atoms with Crippen LogP contribution in [-0.2, 0) is 0 Å². The molecular weight excluding hydrogens is 709 g/mol. The molecule has 0 saturated heterocycles. The minimum absolute atomic E-state index is 1.12. The normalized spacial score (nSPS) is 11.9. The number of para-hydroxylation sites is 2. The summed E-state index contributed by atoms with van der Waals surface area (Å²) in [5, 5.41) is 7.82. The van der Waals surface area contributed by atoms with Crippen LogP contribution >= 0.6 is 11.3 Å². The minimum atomic E-state index is 1.12. The summed E-state index contributed by atoms with van der Waals surface area (Å²) in [7, 11) is 0. The van der Waals surface area contributed by atoms with Gasteiger partial charge in [0.1, 0.15) is 0 Å². The Kier molecular flexibility index (Phi) is 7.13. The molecule has 0 saturated carbocycles. The van der Waals surface area contributed by atoms with Gasteiger partial charge in [-0.2, -0.15) is 0 Å². The van der Waals surface area contributed by atoms with Crippen LogP contribution in [0.25, 0.3) is 91.6 Å². The van der Waals surface area contributed by atoms with Crippen LogP contribution in [0.15, 0.2) is 206 Å². The van der Waals surface area contributed by atoms with Crippen LogP contribution in [0.4, 0.5) is 17.1 Å². The van der Waals surface area contributed by atoms with Crippen molar-refractivity contribution in [3.63, 3.8) is 0 Å². The number of rotatable bonds is 6. The van der Waals surface area contributed by atoms with Crippen LogP contribution < -0.4 is 4.90 Å². The first-order valence-corrected chi connectivity index (χ1v) is 20.3. The Hall–Kier alpha value is -7.20. The van der Waals surface area contributed by atoms with Gasteiger partial charge in [0.25, 0.3) is 0 Å². The molecule has 0 fully saturated rings. The number of fused-ring (bicyclic) bond motifs is 9. The Labute approximate surface area is 334 Å². The van der Waals surface area contributed by atoms with Gasteiger partial charge in [-0.3, -0.25) is 0 Å². The second kappa shape index (κ2) is 12.7. The smallest absolute Gasteiger partial charge is 0.0620 e. The van der Waals surface area contributed by atoms with Crippen molar-refractivity contribution in [3.8, 4) is 33.4 Å². The molecule has 2 nitrogen and oxygen atoms in total. The number of aromatic nitrogens is 1. The van der Waals surface area contributed by atoms with Crippen molar-refractivity contribution in [1.29, 1.82) is 0 Å². The maximum atomic E-state index is 2.47. The molecule has 266 valence electrons. The first-order valence-electron chi connectivity index (χ1n) is 19.5. The third-order valence-corrected chi connectivity index (χ3v) is 12.9. The summed E-state index contributed by atoms with van der Waals surface area (Å²) in [5.41, 5.74) is 14.5. The predicted octanol–water partition coefficient (Wildman–Crippen LogP) is 15.7. The van der Waals surface area contributed by atoms with Gasteiger partial charge in [-0.25, -0.2) is 0 Å². The number of benzene rings is 9. The molecule has 0 atom stereocenters. The Morgan fingerprint density at radius 2 is 0.754 bits per heavy atom. The van der Waals surface area contributed by atoms with Crippen molar-refractivity contribution in [2.45, 2.75) is 0 Å². The Morgan fingerprint density at radius 1 is 0.298 bits per heavy atom. The second-order valence-electron chi connectivity index (χ2n) is 14.9. The average Bonchev–Trinajstić information content (AvgIpc) is 3.94. The lowest BCUT2D eigenvalue weighted by atomic mass is 10.0. The number of thiophene rings is 1. The Bertz CT molecular complexity index is 3350. The van der Waals surface area contributed by atoms with Crippen LogP contribution in [-0.4, -0.2) is 4.40 Å². The Morgan fingerprint density at radius 3 is 1.40 bits per heavy atom. The summed E-state index contributed by atoms with van der Waals surface area (Å²) in [5.74, 6) is 0. The molecule has 57 heavy (non-hydrogen) atoms. The van der Waals surface area contributed by atoms with Crippen molar-refractivity contribution in [1.82, 2.24) is 4.40 Å². The van der Waals surface area contributed by atoms with Crippen LogP contribution in [0.2, 0.25) is 0 Å². The molecule has 3 aromatic heterocycles. The fourth-order valence-corrected chi connectivity index (χ4v) is 10.2. The molecule has 0 N–H and O–H groups in total. The van der Waals surface area contributed by atoms with E-state index in [4.69, 9.17) is 0 Å². The summed E-state index contributed by atoms with van der Waals surface area (Å²) < 4.78 is 5.04. The fourth-order valence-electron chi connectivity index (χ4n) is 9.01. The molecule has 0 aliphatic carbocycles. The summed E-state index contributed by atoms with van der Waals surface area (Å²) in [6, 6.07) is 75.5. The predicted molar refractivity (Wildman–Crippen MR) is 245 cm³/mol. The average molecular weight is 743 g/mol. The molecule has 0 aliphatic rings. The number of anilines is 3. The largest absolute Gasteiger partial charge is 0.310 e. The number of nitrogens with zero attached hydrogens (tertiary/aromatic N) is 2. The lowest BCUT2D eigenvalue weighted by Gasteiger charge is -2.26. The van der Waals surface area contributed by atoms with E-state index in [1.807, 2.05) is 11.3 Å². The number of hydrogen-bond acceptors (Lipinski definition) is 2. The van der Waals surface area contributed by atoms with E-state index in [1.165, 1.54) is 91.6 Å². The zero-order valence-corrected chi connectivity index (χ0v) is 31.7. The third kappa shape index (κ3) is 5.10. The lowest BCUT2D eigenvalue weighted by molar-refractivity contribution is 1.29. The third-order valence-electron chi connectivity index (χ3n) is 11.7. The van der Waals surface area contributed by atoms with Crippen LogP contribution in [0, 0.1) is 0 Å². The van der Waals surface area contributed by atoms with E-state index in [-0.39, 0.29) is 0 Å². The first kappa shape index (κ1) is 32.1. The minimum Gasteiger partial charge on any atom is -0.310 e. The zero-order chi connectivity index (χ0) is 37.5. The highest BCUT2D eigenvalue weighted by Gasteiger charge is 2.19. The van der Waals surface area contributed by atoms with E-state index in [1.54, 1.807) is 0 Å². The fraction of sp³-hybridized carbons (Fsp3) is 0. The summed E-state index contributed by atoms with van der Waals surface area (Å²) in [6.07, 6.45) is 0. The van der Waals surface area contributed by atoms with Gasteiger partial charge in [0, 0.05) is 58.8 Å². The summed E-state index contributed by atoms with van der Waals surface area (Å²) in [6.45, 7) is 0. The molecule has 0 unspecified atom stereocenters. The SMILES string of the molecule is c1ccc(-c2ccc(N(c3ccc(-c4ccccc4)cc3)c3ccc4c(c3)sc3cc(-c5ccc6c7cccc8c9ccccc9n(c6c5)c87)ccc34)cc2)cc1. The van der Waals surface area contributed by atoms with Gasteiger partial charge in [0.2, 0.25) is 0 Å². The molecule has 0 aliphatic heterocycles. The molecule has 3 heteroatoms.